The Morgan fingerprint density at radius 1 is 1.65 bits per heavy atom. The Bertz CT molecular complexity index is 548. The summed E-state index contributed by atoms with van der Waals surface area (Å²) in [7, 11) is 0. The fourth-order valence-corrected chi connectivity index (χ4v) is 2.15. The number of hydrogen-bond donors (Lipinski definition) is 2. The Hall–Kier alpha value is -2.05. The minimum Gasteiger partial charge on any atom is -0.409 e. The van der Waals surface area contributed by atoms with Crippen LogP contribution in [0, 0.1) is 0 Å². The lowest BCUT2D eigenvalue weighted by Crippen LogP contribution is -2.39. The summed E-state index contributed by atoms with van der Waals surface area (Å²) in [4.78, 5) is 18.6. The summed E-state index contributed by atoms with van der Waals surface area (Å²) in [5.74, 6) is 0.578. The first-order valence-electron chi connectivity index (χ1n) is 6.84. The van der Waals surface area contributed by atoms with Gasteiger partial charge in [0.05, 0.1) is 0 Å². The molecule has 1 aromatic rings. The predicted molar refractivity (Wildman–Crippen MR) is 77.3 cm³/mol. The summed E-state index contributed by atoms with van der Waals surface area (Å²) in [5.41, 5.74) is 5.43. The van der Waals surface area contributed by atoms with Crippen LogP contribution in [0.4, 0.5) is 5.82 Å². The minimum atomic E-state index is -0.0665. The quantitative estimate of drug-likeness (QED) is 0.349. The number of oxime groups is 1. The van der Waals surface area contributed by atoms with Gasteiger partial charge in [0.15, 0.2) is 5.82 Å². The van der Waals surface area contributed by atoms with Gasteiger partial charge in [-0.3, -0.25) is 4.79 Å². The zero-order valence-electron chi connectivity index (χ0n) is 11.9. The van der Waals surface area contributed by atoms with Crippen molar-refractivity contribution in [3.63, 3.8) is 0 Å². The van der Waals surface area contributed by atoms with E-state index in [4.69, 9.17) is 10.9 Å². The lowest BCUT2D eigenvalue weighted by Gasteiger charge is -2.27. The third-order valence-electron chi connectivity index (χ3n) is 3.42. The van der Waals surface area contributed by atoms with E-state index in [2.05, 4.69) is 10.1 Å². The number of aromatic nitrogens is 2. The molecule has 1 fully saturated rings. The van der Waals surface area contributed by atoms with Gasteiger partial charge in [0.2, 0.25) is 0 Å². The van der Waals surface area contributed by atoms with Crippen LogP contribution in [0.3, 0.4) is 0 Å². The Labute approximate surface area is 117 Å². The van der Waals surface area contributed by atoms with E-state index in [-0.39, 0.29) is 17.4 Å². The maximum Gasteiger partial charge on any atom is 0.293 e. The second-order valence-corrected chi connectivity index (χ2v) is 5.32. The van der Waals surface area contributed by atoms with E-state index >= 15 is 0 Å². The number of nitrogens with zero attached hydrogens (tertiary/aromatic N) is 4. The molecule has 0 atom stereocenters. The summed E-state index contributed by atoms with van der Waals surface area (Å²) in [6.07, 6.45) is 5.89. The lowest BCUT2D eigenvalue weighted by atomic mass is 10.2. The number of anilines is 1. The van der Waals surface area contributed by atoms with Gasteiger partial charge in [0.25, 0.3) is 5.56 Å². The highest BCUT2D eigenvalue weighted by atomic mass is 16.4. The molecule has 0 unspecified atom stereocenters. The van der Waals surface area contributed by atoms with E-state index in [1.165, 1.54) is 0 Å². The van der Waals surface area contributed by atoms with Crippen molar-refractivity contribution in [1.82, 2.24) is 9.55 Å². The van der Waals surface area contributed by atoms with Gasteiger partial charge in [0, 0.05) is 37.4 Å². The van der Waals surface area contributed by atoms with Crippen molar-refractivity contribution in [3.8, 4) is 0 Å². The Kier molecular flexibility index (Phi) is 4.26. The van der Waals surface area contributed by atoms with E-state index in [0.717, 1.165) is 12.8 Å². The van der Waals surface area contributed by atoms with Crippen LogP contribution in [0.5, 0.6) is 0 Å². The summed E-state index contributed by atoms with van der Waals surface area (Å²) < 4.78 is 1.75. The van der Waals surface area contributed by atoms with Gasteiger partial charge in [0.1, 0.15) is 5.84 Å². The van der Waals surface area contributed by atoms with E-state index in [1.54, 1.807) is 17.0 Å². The Morgan fingerprint density at radius 2 is 2.35 bits per heavy atom. The highest BCUT2D eigenvalue weighted by Gasteiger charge is 2.26. The molecule has 0 bridgehead atoms. The zero-order chi connectivity index (χ0) is 14.7. The standard InChI is InChI=1S/C13H21N5O2/c1-9(2)17(7-5-11(14)16-20)12-13(19)18(8-6-15-12)10-3-4-10/h6,8-10,20H,3-5,7H2,1-2H3,(H2,14,16). The first kappa shape index (κ1) is 14.4. The average Bonchev–Trinajstić information content (AvgIpc) is 3.24. The first-order valence-corrected chi connectivity index (χ1v) is 6.84. The van der Waals surface area contributed by atoms with Crippen molar-refractivity contribution in [2.75, 3.05) is 11.4 Å². The van der Waals surface area contributed by atoms with Gasteiger partial charge in [-0.25, -0.2) is 4.98 Å². The van der Waals surface area contributed by atoms with Crippen LogP contribution in [0.25, 0.3) is 0 Å². The molecule has 20 heavy (non-hydrogen) atoms. The van der Waals surface area contributed by atoms with Crippen LogP contribution in [0.2, 0.25) is 0 Å². The van der Waals surface area contributed by atoms with E-state index in [1.807, 2.05) is 18.7 Å². The summed E-state index contributed by atoms with van der Waals surface area (Å²) in [5, 5.41) is 11.6. The molecule has 1 aliphatic carbocycles. The highest BCUT2D eigenvalue weighted by molar-refractivity contribution is 5.80. The molecule has 0 radical (unpaired) electrons. The fourth-order valence-electron chi connectivity index (χ4n) is 2.15. The minimum absolute atomic E-state index is 0.0665. The van der Waals surface area contributed by atoms with Gasteiger partial charge in [-0.15, -0.1) is 0 Å². The largest absolute Gasteiger partial charge is 0.409 e. The Balaban J connectivity index is 2.25. The molecule has 0 aliphatic heterocycles. The van der Waals surface area contributed by atoms with Crippen LogP contribution < -0.4 is 16.2 Å². The van der Waals surface area contributed by atoms with Crippen molar-refractivity contribution in [2.45, 2.75) is 45.2 Å². The monoisotopic (exact) mass is 279 g/mol. The average molecular weight is 279 g/mol. The zero-order valence-corrected chi connectivity index (χ0v) is 11.9. The molecule has 1 aromatic heterocycles. The summed E-state index contributed by atoms with van der Waals surface area (Å²) >= 11 is 0. The van der Waals surface area contributed by atoms with E-state index < -0.39 is 0 Å². The van der Waals surface area contributed by atoms with Crippen LogP contribution in [0.1, 0.15) is 39.2 Å². The number of nitrogens with two attached hydrogens (primary N) is 1. The van der Waals surface area contributed by atoms with Gasteiger partial charge < -0.3 is 20.4 Å². The summed E-state index contributed by atoms with van der Waals surface area (Å²) in [6, 6.07) is 0.430. The van der Waals surface area contributed by atoms with Crippen molar-refractivity contribution in [2.24, 2.45) is 10.9 Å². The molecule has 3 N–H and O–H groups in total. The molecule has 1 heterocycles. The van der Waals surface area contributed by atoms with Crippen molar-refractivity contribution < 1.29 is 5.21 Å². The number of hydrogen-bond acceptors (Lipinski definition) is 5. The molecule has 1 saturated carbocycles. The first-order chi connectivity index (χ1) is 9.54. The van der Waals surface area contributed by atoms with Crippen LogP contribution >= 0.6 is 0 Å². The normalized spacial score (nSPS) is 15.7. The molecule has 2 rings (SSSR count). The second kappa shape index (κ2) is 5.94. The smallest absolute Gasteiger partial charge is 0.293 e. The molecular weight excluding hydrogens is 258 g/mol. The molecular formula is C13H21N5O2. The molecule has 7 nitrogen and oxygen atoms in total. The topological polar surface area (TPSA) is 96.7 Å². The van der Waals surface area contributed by atoms with Crippen molar-refractivity contribution >= 4 is 11.7 Å². The van der Waals surface area contributed by atoms with Gasteiger partial charge in [-0.2, -0.15) is 0 Å². The molecule has 0 saturated heterocycles. The third-order valence-corrected chi connectivity index (χ3v) is 3.42. The fraction of sp³-hybridized carbons (Fsp3) is 0.615. The molecule has 0 spiro atoms. The Morgan fingerprint density at radius 3 is 2.90 bits per heavy atom. The van der Waals surface area contributed by atoms with Crippen molar-refractivity contribution in [1.29, 1.82) is 0 Å². The van der Waals surface area contributed by atoms with E-state index in [9.17, 15) is 4.79 Å². The molecule has 110 valence electrons. The molecule has 0 amide bonds. The molecule has 0 aromatic carbocycles. The van der Waals surface area contributed by atoms with E-state index in [0.29, 0.717) is 24.8 Å². The number of amidine groups is 1. The highest BCUT2D eigenvalue weighted by Crippen LogP contribution is 2.33. The lowest BCUT2D eigenvalue weighted by molar-refractivity contribution is 0.317. The van der Waals surface area contributed by atoms with Gasteiger partial charge >= 0.3 is 0 Å². The molecule has 7 heteroatoms. The maximum atomic E-state index is 12.5. The van der Waals surface area contributed by atoms with Gasteiger partial charge in [-0.05, 0) is 26.7 Å². The van der Waals surface area contributed by atoms with Crippen molar-refractivity contribution in [3.05, 3.63) is 22.7 Å². The second-order valence-electron chi connectivity index (χ2n) is 5.32. The van der Waals surface area contributed by atoms with Gasteiger partial charge in [-0.1, -0.05) is 5.16 Å². The summed E-state index contributed by atoms with van der Waals surface area (Å²) in [6.45, 7) is 4.47. The third kappa shape index (κ3) is 3.09. The maximum absolute atomic E-state index is 12.5. The van der Waals surface area contributed by atoms with Crippen LogP contribution in [-0.2, 0) is 0 Å². The van der Waals surface area contributed by atoms with Crippen LogP contribution in [0.15, 0.2) is 22.3 Å². The van der Waals surface area contributed by atoms with Crippen LogP contribution in [-0.4, -0.2) is 33.2 Å². The molecule has 1 aliphatic rings. The predicted octanol–water partition coefficient (Wildman–Crippen LogP) is 0.929. The SMILES string of the molecule is CC(C)N(CCC(N)=NO)c1nccn(C2CC2)c1=O. The number of rotatable bonds is 6.